The predicted octanol–water partition coefficient (Wildman–Crippen LogP) is 5.12. The summed E-state index contributed by atoms with van der Waals surface area (Å²) in [4.78, 5) is 27.5. The minimum Gasteiger partial charge on any atom is -0.476 e. The van der Waals surface area contributed by atoms with Crippen molar-refractivity contribution >= 4 is 22.0 Å². The van der Waals surface area contributed by atoms with Gasteiger partial charge in [-0.1, -0.05) is 24.3 Å². The fourth-order valence-electron chi connectivity index (χ4n) is 4.09. The second-order valence-corrected chi connectivity index (χ2v) is 11.8. The Morgan fingerprint density at radius 3 is 2.15 bits per heavy atom. The van der Waals surface area contributed by atoms with Crippen molar-refractivity contribution in [1.29, 1.82) is 0 Å². The van der Waals surface area contributed by atoms with Crippen LogP contribution in [-0.2, 0) is 44.0 Å². The smallest absolute Gasteiger partial charge is 0.349 e. The Balaban J connectivity index is 1.79. The van der Waals surface area contributed by atoms with Crippen LogP contribution in [-0.4, -0.2) is 43.2 Å². The van der Waals surface area contributed by atoms with Crippen molar-refractivity contribution in [2.24, 2.45) is 0 Å². The first-order chi connectivity index (χ1) is 18.8. The number of hydrogen-bond donors (Lipinski definition) is 0. The first-order valence-corrected chi connectivity index (χ1v) is 14.7. The second-order valence-electron chi connectivity index (χ2n) is 9.97. The van der Waals surface area contributed by atoms with E-state index < -0.39 is 21.7 Å². The van der Waals surface area contributed by atoms with Crippen LogP contribution in [0.3, 0.4) is 0 Å². The quantitative estimate of drug-likeness (QED) is 0.205. The Kier molecular flexibility index (Phi) is 10.0. The van der Waals surface area contributed by atoms with Crippen molar-refractivity contribution in [3.63, 3.8) is 0 Å². The van der Waals surface area contributed by atoms with Crippen molar-refractivity contribution < 1.29 is 36.1 Å². The van der Waals surface area contributed by atoms with E-state index in [0.717, 1.165) is 16.7 Å². The molecule has 1 aromatic heterocycles. The Morgan fingerprint density at radius 2 is 1.60 bits per heavy atom. The van der Waals surface area contributed by atoms with E-state index in [4.69, 9.17) is 18.1 Å². The molecule has 0 aliphatic heterocycles. The third-order valence-corrected chi connectivity index (χ3v) is 7.31. The van der Waals surface area contributed by atoms with Crippen LogP contribution in [0.25, 0.3) is 0 Å². The lowest BCUT2D eigenvalue weighted by Crippen LogP contribution is -2.40. The van der Waals surface area contributed by atoms with Gasteiger partial charge in [-0.3, -0.25) is 4.79 Å². The summed E-state index contributed by atoms with van der Waals surface area (Å²) in [6.07, 6.45) is 1.67. The number of hydrogen-bond acceptors (Lipinski definition) is 8. The molecular weight excluding hydrogens is 534 g/mol. The number of carbonyl (C=O) groups is 2. The fourth-order valence-corrected chi connectivity index (χ4v) is 4.61. The zero-order valence-corrected chi connectivity index (χ0v) is 24.7. The van der Waals surface area contributed by atoms with Crippen molar-refractivity contribution in [2.75, 3.05) is 12.4 Å². The van der Waals surface area contributed by atoms with E-state index in [1.54, 1.807) is 50.1 Å². The number of benzene rings is 2. The van der Waals surface area contributed by atoms with Gasteiger partial charge in [0.25, 0.3) is 0 Å². The lowest BCUT2D eigenvalue weighted by molar-refractivity contribution is -0.158. The number of nitrogens with zero attached hydrogens (tertiary/aromatic N) is 1. The highest BCUT2D eigenvalue weighted by Gasteiger charge is 2.32. The number of furan rings is 1. The highest BCUT2D eigenvalue weighted by molar-refractivity contribution is 7.87. The lowest BCUT2D eigenvalue weighted by Gasteiger charge is -2.27. The molecule has 0 bridgehead atoms. The van der Waals surface area contributed by atoms with Crippen LogP contribution in [0.5, 0.6) is 11.5 Å². The molecule has 10 heteroatoms. The maximum atomic E-state index is 13.4. The van der Waals surface area contributed by atoms with Crippen LogP contribution in [0, 0.1) is 13.8 Å². The van der Waals surface area contributed by atoms with E-state index >= 15 is 0 Å². The number of aryl methyl sites for hydroxylation is 2. The van der Waals surface area contributed by atoms with Gasteiger partial charge in [-0.2, -0.15) is 8.42 Å². The molecule has 3 aromatic rings. The van der Waals surface area contributed by atoms with E-state index in [2.05, 4.69) is 0 Å². The maximum Gasteiger partial charge on any atom is 0.349 e. The summed E-state index contributed by atoms with van der Waals surface area (Å²) >= 11 is 0. The summed E-state index contributed by atoms with van der Waals surface area (Å²) in [6, 6.07) is 13.9. The monoisotopic (exact) mass is 571 g/mol. The van der Waals surface area contributed by atoms with E-state index in [0.29, 0.717) is 23.6 Å². The predicted molar refractivity (Wildman–Crippen MR) is 150 cm³/mol. The van der Waals surface area contributed by atoms with Crippen LogP contribution < -0.4 is 8.92 Å². The largest absolute Gasteiger partial charge is 0.476 e. The van der Waals surface area contributed by atoms with Gasteiger partial charge < -0.3 is 23.0 Å². The Morgan fingerprint density at radius 1 is 0.950 bits per heavy atom. The molecule has 0 atom stereocenters. The van der Waals surface area contributed by atoms with Gasteiger partial charge in [0.2, 0.25) is 5.91 Å². The zero-order valence-electron chi connectivity index (χ0n) is 23.9. The number of amides is 1. The van der Waals surface area contributed by atoms with Gasteiger partial charge >= 0.3 is 16.1 Å². The molecule has 40 heavy (non-hydrogen) atoms. The van der Waals surface area contributed by atoms with Crippen LogP contribution in [0.4, 0.5) is 0 Å². The van der Waals surface area contributed by atoms with Gasteiger partial charge in [-0.15, -0.1) is 0 Å². The van der Waals surface area contributed by atoms with Gasteiger partial charge in [0.1, 0.15) is 17.3 Å². The molecule has 0 spiro atoms. The van der Waals surface area contributed by atoms with Gasteiger partial charge in [0, 0.05) is 6.54 Å². The van der Waals surface area contributed by atoms with Crippen molar-refractivity contribution in [3.05, 3.63) is 82.8 Å². The van der Waals surface area contributed by atoms with Gasteiger partial charge in [0.05, 0.1) is 31.6 Å². The number of carbonyl (C=O) groups excluding carboxylic acids is 2. The Bertz CT molecular complexity index is 1390. The molecule has 0 N–H and O–H groups in total. The maximum absolute atomic E-state index is 13.4. The normalized spacial score (nSPS) is 11.7. The molecule has 1 heterocycles. The van der Waals surface area contributed by atoms with Crippen molar-refractivity contribution in [1.82, 2.24) is 4.90 Å². The van der Waals surface area contributed by atoms with Crippen LogP contribution in [0.15, 0.2) is 59.2 Å². The van der Waals surface area contributed by atoms with Crippen LogP contribution in [0.1, 0.15) is 55.7 Å². The molecule has 2 aromatic carbocycles. The van der Waals surface area contributed by atoms with Crippen LogP contribution in [0.2, 0.25) is 0 Å². The zero-order chi connectivity index (χ0) is 29.5. The molecule has 0 saturated carbocycles. The molecular formula is C30H37NO8S. The summed E-state index contributed by atoms with van der Waals surface area (Å²) in [5.41, 5.74) is 2.11. The molecule has 9 nitrogen and oxygen atoms in total. The van der Waals surface area contributed by atoms with Gasteiger partial charge in [0.15, 0.2) is 5.60 Å². The molecule has 216 valence electrons. The third-order valence-electron chi connectivity index (χ3n) is 6.15. The van der Waals surface area contributed by atoms with Gasteiger partial charge in [-0.05, 0) is 88.1 Å². The minimum atomic E-state index is -3.63. The number of ether oxygens (including phenoxy) is 2. The summed E-state index contributed by atoms with van der Waals surface area (Å²) in [6.45, 7) is 11.2. The van der Waals surface area contributed by atoms with E-state index in [9.17, 15) is 18.0 Å². The number of rotatable bonds is 13. The molecule has 0 aliphatic carbocycles. The van der Waals surface area contributed by atoms with Crippen molar-refractivity contribution in [2.45, 2.75) is 66.7 Å². The molecule has 0 radical (unpaired) electrons. The summed E-state index contributed by atoms with van der Waals surface area (Å²) in [5.74, 6) is 0.726. The average molecular weight is 572 g/mol. The first kappa shape index (κ1) is 30.7. The third kappa shape index (κ3) is 8.35. The minimum absolute atomic E-state index is 0.106. The van der Waals surface area contributed by atoms with Crippen molar-refractivity contribution in [3.8, 4) is 11.5 Å². The molecule has 3 rings (SSSR count). The van der Waals surface area contributed by atoms with E-state index in [1.165, 1.54) is 19.1 Å². The Hall–Kier alpha value is -3.79. The summed E-state index contributed by atoms with van der Waals surface area (Å²) < 4.78 is 45.2. The highest BCUT2D eigenvalue weighted by Crippen LogP contribution is 2.30. The lowest BCUT2D eigenvalue weighted by atomic mass is 10.0. The summed E-state index contributed by atoms with van der Waals surface area (Å²) in [7, 11) is -3.63. The van der Waals surface area contributed by atoms with E-state index in [-0.39, 0.29) is 37.0 Å². The highest BCUT2D eigenvalue weighted by atomic mass is 32.2. The SMILES string of the molecule is CCOC(=O)C(C)(C)Oc1c(C)cc(CN(Cc2ccco2)C(=O)Cc2ccc(OS(=O)(=O)CC)cc2)cc1C. The standard InChI is InChI=1S/C30H37NO8S/c1-7-36-29(33)30(5,6)38-28-21(3)16-24(17-22(28)4)19-31(20-26-10-9-15-37-26)27(32)18-23-11-13-25(14-12-23)39-40(34,35)8-2/h9-17H,7-8,18-20H2,1-6H3. The number of esters is 1. The topological polar surface area (TPSA) is 112 Å². The first-order valence-electron chi connectivity index (χ1n) is 13.1. The molecule has 0 aliphatic rings. The molecule has 0 saturated heterocycles. The Labute approximate surface area is 236 Å². The van der Waals surface area contributed by atoms with Gasteiger partial charge in [-0.25, -0.2) is 4.79 Å². The molecule has 1 amide bonds. The van der Waals surface area contributed by atoms with Crippen LogP contribution >= 0.6 is 0 Å². The average Bonchev–Trinajstić information content (AvgIpc) is 3.40. The summed E-state index contributed by atoms with van der Waals surface area (Å²) in [5, 5.41) is 0. The molecule has 0 fully saturated rings. The van der Waals surface area contributed by atoms with E-state index in [1.807, 2.05) is 32.0 Å². The second kappa shape index (κ2) is 13.0. The fraction of sp³-hybridized carbons (Fsp3) is 0.400. The molecule has 0 unspecified atom stereocenters.